The number of para-hydroxylation sites is 1. The van der Waals surface area contributed by atoms with E-state index in [-0.39, 0.29) is 10.4 Å². The fraction of sp³-hybridized carbons (Fsp3) is 0.235. The third-order valence-corrected chi connectivity index (χ3v) is 4.67. The molecule has 3 N–H and O–H groups in total. The molecule has 2 aromatic rings. The fourth-order valence-corrected chi connectivity index (χ4v) is 3.37. The molecule has 0 saturated heterocycles. The third-order valence-electron chi connectivity index (χ3n) is 3.66. The molecular weight excluding hydrogens is 340 g/mol. The number of allylic oxidation sites excluding steroid dienone is 2. The van der Waals surface area contributed by atoms with Crippen LogP contribution in [-0.2, 0) is 11.8 Å². The van der Waals surface area contributed by atoms with E-state index >= 15 is 0 Å². The molecule has 0 aliphatic heterocycles. The summed E-state index contributed by atoms with van der Waals surface area (Å²) >= 11 is 1.29. The predicted octanol–water partition coefficient (Wildman–Crippen LogP) is 1.76. The molecule has 0 unspecified atom stereocenters. The number of aliphatic carboxylic acids is 1. The number of fused-ring (bicyclic) bond motifs is 1. The quantitative estimate of drug-likeness (QED) is 0.628. The summed E-state index contributed by atoms with van der Waals surface area (Å²) in [7, 11) is 5.33. The van der Waals surface area contributed by atoms with E-state index in [0.29, 0.717) is 17.8 Å². The van der Waals surface area contributed by atoms with Crippen molar-refractivity contribution >= 4 is 33.2 Å². The van der Waals surface area contributed by atoms with E-state index in [2.05, 4.69) is 5.10 Å². The Morgan fingerprint density at radius 2 is 2.04 bits per heavy atom. The Balaban J connectivity index is 0.000000185. The molecule has 0 bridgehead atoms. The van der Waals surface area contributed by atoms with E-state index in [4.69, 9.17) is 10.9 Å². The van der Waals surface area contributed by atoms with Gasteiger partial charge < -0.3 is 20.4 Å². The van der Waals surface area contributed by atoms with Crippen LogP contribution in [0.15, 0.2) is 57.6 Å². The van der Waals surface area contributed by atoms with Crippen LogP contribution in [0.1, 0.15) is 6.42 Å². The molecule has 0 atom stereocenters. The highest BCUT2D eigenvalue weighted by molar-refractivity contribution is 7.16. The van der Waals surface area contributed by atoms with Gasteiger partial charge in [-0.2, -0.15) is 5.10 Å². The van der Waals surface area contributed by atoms with Gasteiger partial charge >= 0.3 is 10.8 Å². The molecule has 0 fully saturated rings. The summed E-state index contributed by atoms with van der Waals surface area (Å²) in [6.07, 6.45) is 3.88. The SMILES string of the molecule is CN(C)C1=C(C(=O)O)C=CCC1=NN.Cn1c(=O)sc2ccccc21. The molecular formula is C17H20N4O3S. The van der Waals surface area contributed by atoms with Gasteiger partial charge in [-0.05, 0) is 18.2 Å². The lowest BCUT2D eigenvalue weighted by atomic mass is 10.0. The summed E-state index contributed by atoms with van der Waals surface area (Å²) < 4.78 is 2.72. The summed E-state index contributed by atoms with van der Waals surface area (Å²) in [6.45, 7) is 0. The minimum atomic E-state index is -0.967. The molecule has 0 radical (unpaired) electrons. The van der Waals surface area contributed by atoms with Crippen LogP contribution in [0.5, 0.6) is 0 Å². The Morgan fingerprint density at radius 3 is 2.60 bits per heavy atom. The smallest absolute Gasteiger partial charge is 0.337 e. The van der Waals surface area contributed by atoms with Gasteiger partial charge in [0.05, 0.1) is 27.2 Å². The number of carboxylic acids is 1. The van der Waals surface area contributed by atoms with Crippen LogP contribution in [0, 0.1) is 0 Å². The lowest BCUT2D eigenvalue weighted by Gasteiger charge is -2.22. The van der Waals surface area contributed by atoms with Crippen LogP contribution in [0.3, 0.4) is 0 Å². The van der Waals surface area contributed by atoms with Gasteiger partial charge in [0.2, 0.25) is 0 Å². The molecule has 132 valence electrons. The van der Waals surface area contributed by atoms with Crippen molar-refractivity contribution in [2.45, 2.75) is 6.42 Å². The van der Waals surface area contributed by atoms with E-state index < -0.39 is 5.97 Å². The van der Waals surface area contributed by atoms with Gasteiger partial charge in [0.25, 0.3) is 0 Å². The molecule has 0 amide bonds. The van der Waals surface area contributed by atoms with Crippen molar-refractivity contribution in [1.29, 1.82) is 0 Å². The zero-order valence-electron chi connectivity index (χ0n) is 14.3. The number of benzene rings is 1. The maximum absolute atomic E-state index is 11.1. The van der Waals surface area contributed by atoms with Crippen molar-refractivity contribution < 1.29 is 9.90 Å². The average Bonchev–Trinajstić information content (AvgIpc) is 2.89. The van der Waals surface area contributed by atoms with Gasteiger partial charge in [0, 0.05) is 27.6 Å². The molecule has 1 aromatic heterocycles. The summed E-state index contributed by atoms with van der Waals surface area (Å²) in [5, 5.41) is 12.5. The average molecular weight is 360 g/mol. The number of hydrazone groups is 1. The fourth-order valence-electron chi connectivity index (χ4n) is 2.49. The van der Waals surface area contributed by atoms with Crippen molar-refractivity contribution in [3.05, 3.63) is 57.4 Å². The lowest BCUT2D eigenvalue weighted by Crippen LogP contribution is -2.26. The first kappa shape index (κ1) is 18.5. The van der Waals surface area contributed by atoms with Gasteiger partial charge in [-0.15, -0.1) is 0 Å². The maximum Gasteiger partial charge on any atom is 0.337 e. The Morgan fingerprint density at radius 1 is 1.36 bits per heavy atom. The zero-order chi connectivity index (χ0) is 18.6. The predicted molar refractivity (Wildman–Crippen MR) is 101 cm³/mol. The van der Waals surface area contributed by atoms with Gasteiger partial charge in [-0.3, -0.25) is 4.79 Å². The van der Waals surface area contributed by atoms with E-state index in [1.807, 2.05) is 24.3 Å². The van der Waals surface area contributed by atoms with Crippen LogP contribution in [0.25, 0.3) is 10.2 Å². The summed E-state index contributed by atoms with van der Waals surface area (Å²) in [5.41, 5.74) is 2.41. The molecule has 1 aromatic carbocycles. The van der Waals surface area contributed by atoms with Crippen molar-refractivity contribution in [3.8, 4) is 0 Å². The van der Waals surface area contributed by atoms with Crippen LogP contribution < -0.4 is 10.7 Å². The first-order valence-electron chi connectivity index (χ1n) is 7.50. The van der Waals surface area contributed by atoms with Crippen molar-refractivity contribution in [2.75, 3.05) is 14.1 Å². The summed E-state index contributed by atoms with van der Waals surface area (Å²) in [5.74, 6) is 4.23. The molecule has 8 heteroatoms. The molecule has 7 nitrogen and oxygen atoms in total. The third kappa shape index (κ3) is 3.97. The van der Waals surface area contributed by atoms with E-state index in [1.54, 1.807) is 42.8 Å². The molecule has 1 heterocycles. The Bertz CT molecular complexity index is 935. The Labute approximate surface area is 149 Å². The first-order chi connectivity index (χ1) is 11.9. The number of carboxylic acid groups (broad SMARTS) is 1. The molecule has 3 rings (SSSR count). The van der Waals surface area contributed by atoms with Crippen molar-refractivity contribution in [3.63, 3.8) is 0 Å². The van der Waals surface area contributed by atoms with Crippen LogP contribution in [-0.4, -0.2) is 40.3 Å². The highest BCUT2D eigenvalue weighted by Crippen LogP contribution is 2.18. The number of hydrogen-bond acceptors (Lipinski definition) is 6. The highest BCUT2D eigenvalue weighted by atomic mass is 32.1. The van der Waals surface area contributed by atoms with Gasteiger partial charge in [0.1, 0.15) is 0 Å². The van der Waals surface area contributed by atoms with E-state index in [0.717, 1.165) is 10.2 Å². The van der Waals surface area contributed by atoms with Crippen molar-refractivity contribution in [1.82, 2.24) is 9.47 Å². The van der Waals surface area contributed by atoms with Crippen molar-refractivity contribution in [2.24, 2.45) is 18.0 Å². The van der Waals surface area contributed by atoms with Gasteiger partial charge in [-0.1, -0.05) is 29.5 Å². The molecule has 25 heavy (non-hydrogen) atoms. The summed E-state index contributed by atoms with van der Waals surface area (Å²) in [6, 6.07) is 7.79. The second-order valence-corrected chi connectivity index (χ2v) is 6.53. The first-order valence-corrected chi connectivity index (χ1v) is 8.31. The van der Waals surface area contributed by atoms with Crippen LogP contribution in [0.4, 0.5) is 0 Å². The number of aromatic nitrogens is 1. The maximum atomic E-state index is 11.1. The molecule has 0 spiro atoms. The minimum absolute atomic E-state index is 0.103. The number of aryl methyl sites for hydroxylation is 1. The molecule has 1 aliphatic rings. The topological polar surface area (TPSA) is 101 Å². The normalized spacial score (nSPS) is 15.2. The second kappa shape index (κ2) is 7.80. The lowest BCUT2D eigenvalue weighted by molar-refractivity contribution is -0.132. The number of carbonyl (C=O) groups is 1. The number of rotatable bonds is 2. The van der Waals surface area contributed by atoms with Gasteiger partial charge in [-0.25, -0.2) is 4.79 Å². The Kier molecular flexibility index (Phi) is 5.76. The van der Waals surface area contributed by atoms with Gasteiger partial charge in [0.15, 0.2) is 0 Å². The van der Waals surface area contributed by atoms with Crippen LogP contribution in [0.2, 0.25) is 0 Å². The minimum Gasteiger partial charge on any atom is -0.478 e. The second-order valence-electron chi connectivity index (χ2n) is 5.54. The molecule has 1 aliphatic carbocycles. The highest BCUT2D eigenvalue weighted by Gasteiger charge is 2.21. The monoisotopic (exact) mass is 360 g/mol. The molecule has 0 saturated carbocycles. The number of nitrogens with zero attached hydrogens (tertiary/aromatic N) is 3. The van der Waals surface area contributed by atoms with E-state index in [1.165, 1.54) is 11.3 Å². The Hall–Kier alpha value is -2.87. The van der Waals surface area contributed by atoms with E-state index in [9.17, 15) is 9.59 Å². The number of nitrogens with two attached hydrogens (primary N) is 1. The number of thiazole rings is 1. The number of hydrogen-bond donors (Lipinski definition) is 2. The van der Waals surface area contributed by atoms with Crippen LogP contribution >= 0.6 is 11.3 Å². The largest absolute Gasteiger partial charge is 0.478 e. The summed E-state index contributed by atoms with van der Waals surface area (Å²) in [4.78, 5) is 23.8. The standard InChI is InChI=1S/C9H13N3O2.C8H7NOS/c1-12(2)8-6(9(13)14)4-3-5-7(8)11-10;1-9-6-4-2-3-5-7(6)11-8(9)10/h3-4H,5,10H2,1-2H3,(H,13,14);2-5H,1H3. The zero-order valence-corrected chi connectivity index (χ0v) is 15.1.